The Balaban J connectivity index is 1.80. The van der Waals surface area contributed by atoms with Crippen molar-refractivity contribution in [1.29, 1.82) is 0 Å². The maximum Gasteiger partial charge on any atom is 0.411 e. The van der Waals surface area contributed by atoms with E-state index in [2.05, 4.69) is 5.32 Å². The monoisotopic (exact) mass is 382 g/mol. The van der Waals surface area contributed by atoms with Gasteiger partial charge < -0.3 is 14.8 Å². The number of nitrogens with zero attached hydrogens (tertiary/aromatic N) is 1. The van der Waals surface area contributed by atoms with E-state index < -0.39 is 17.7 Å². The van der Waals surface area contributed by atoms with E-state index in [1.54, 1.807) is 31.4 Å². The van der Waals surface area contributed by atoms with Gasteiger partial charge in [-0.1, -0.05) is 29.8 Å². The Labute approximate surface area is 165 Å². The minimum atomic E-state index is -0.631. The molecule has 0 aromatic heterocycles. The minimum absolute atomic E-state index is 0.248. The number of anilines is 1. The Morgan fingerprint density at radius 3 is 2.32 bits per heavy atom. The van der Waals surface area contributed by atoms with E-state index in [-0.39, 0.29) is 11.9 Å². The zero-order chi connectivity index (χ0) is 20.5. The smallest absolute Gasteiger partial charge is 0.411 e. The normalized spacial score (nSPS) is 18.4. The van der Waals surface area contributed by atoms with Gasteiger partial charge in [-0.15, -0.1) is 0 Å². The first kappa shape index (κ1) is 19.7. The first-order valence-corrected chi connectivity index (χ1v) is 9.22. The fraction of sp³-hybridized carbons (Fsp3) is 0.364. The summed E-state index contributed by atoms with van der Waals surface area (Å²) in [5.41, 5.74) is 2.00. The molecule has 1 aliphatic rings. The quantitative estimate of drug-likeness (QED) is 0.801. The largest absolute Gasteiger partial charge is 0.497 e. The molecule has 1 fully saturated rings. The van der Waals surface area contributed by atoms with Crippen LogP contribution in [0, 0.1) is 6.92 Å². The number of amides is 2. The number of benzene rings is 2. The van der Waals surface area contributed by atoms with Gasteiger partial charge in [0.2, 0.25) is 5.91 Å². The lowest BCUT2D eigenvalue weighted by molar-refractivity contribution is -0.116. The molecule has 1 heterocycles. The van der Waals surface area contributed by atoms with Crippen molar-refractivity contribution in [3.05, 3.63) is 59.7 Å². The fourth-order valence-electron chi connectivity index (χ4n) is 3.13. The van der Waals surface area contributed by atoms with Gasteiger partial charge in [-0.2, -0.15) is 0 Å². The second kappa shape index (κ2) is 7.54. The summed E-state index contributed by atoms with van der Waals surface area (Å²) in [6, 6.07) is 13.9. The van der Waals surface area contributed by atoms with Crippen molar-refractivity contribution in [3.63, 3.8) is 0 Å². The van der Waals surface area contributed by atoms with E-state index in [1.807, 2.05) is 52.0 Å². The summed E-state index contributed by atoms with van der Waals surface area (Å²) < 4.78 is 10.6. The Bertz CT molecular complexity index is 871. The average Bonchev–Trinajstić information content (AvgIpc) is 3.37. The van der Waals surface area contributed by atoms with Gasteiger partial charge in [0.05, 0.1) is 13.2 Å². The predicted molar refractivity (Wildman–Crippen MR) is 107 cm³/mol. The fourth-order valence-corrected chi connectivity index (χ4v) is 3.13. The zero-order valence-electron chi connectivity index (χ0n) is 16.9. The molecule has 2 amide bonds. The minimum Gasteiger partial charge on any atom is -0.497 e. The number of carbonyl (C=O) groups is 2. The third-order valence-corrected chi connectivity index (χ3v) is 4.42. The molecule has 2 atom stereocenters. The Morgan fingerprint density at radius 1 is 1.07 bits per heavy atom. The highest BCUT2D eigenvalue weighted by Gasteiger charge is 2.57. The molecular formula is C22H26N2O4. The lowest BCUT2D eigenvalue weighted by Crippen LogP contribution is -2.30. The molecule has 0 aliphatic carbocycles. The molecule has 1 saturated heterocycles. The summed E-state index contributed by atoms with van der Waals surface area (Å²) >= 11 is 0. The Morgan fingerprint density at radius 2 is 1.75 bits per heavy atom. The van der Waals surface area contributed by atoms with Crippen molar-refractivity contribution in [1.82, 2.24) is 4.90 Å². The molecule has 0 bridgehead atoms. The van der Waals surface area contributed by atoms with Crippen LogP contribution in [0.2, 0.25) is 0 Å². The summed E-state index contributed by atoms with van der Waals surface area (Å²) in [5.74, 6) is 0.458. The van der Waals surface area contributed by atoms with Crippen LogP contribution in [0.25, 0.3) is 0 Å². The van der Waals surface area contributed by atoms with Crippen molar-refractivity contribution in [2.75, 3.05) is 12.4 Å². The van der Waals surface area contributed by atoms with Crippen LogP contribution in [-0.4, -0.2) is 35.7 Å². The van der Waals surface area contributed by atoms with Crippen LogP contribution in [0.5, 0.6) is 5.75 Å². The lowest BCUT2D eigenvalue weighted by Gasteiger charge is -2.20. The second-order valence-corrected chi connectivity index (χ2v) is 7.91. The number of aryl methyl sites for hydroxylation is 1. The molecule has 0 saturated carbocycles. The van der Waals surface area contributed by atoms with Gasteiger partial charge >= 0.3 is 6.09 Å². The van der Waals surface area contributed by atoms with E-state index in [9.17, 15) is 9.59 Å². The number of rotatable bonds is 4. The maximum atomic E-state index is 12.9. The van der Waals surface area contributed by atoms with Gasteiger partial charge in [-0.05, 0) is 57.5 Å². The highest BCUT2D eigenvalue weighted by Crippen LogP contribution is 2.45. The first-order valence-electron chi connectivity index (χ1n) is 9.22. The van der Waals surface area contributed by atoms with Crippen LogP contribution in [0.1, 0.15) is 37.9 Å². The molecule has 28 heavy (non-hydrogen) atoms. The molecule has 2 aromatic carbocycles. The van der Waals surface area contributed by atoms with E-state index in [0.29, 0.717) is 11.4 Å². The molecule has 6 nitrogen and oxygen atoms in total. The molecule has 1 N–H and O–H groups in total. The molecule has 0 spiro atoms. The van der Waals surface area contributed by atoms with E-state index in [0.717, 1.165) is 11.1 Å². The Kier molecular flexibility index (Phi) is 5.31. The SMILES string of the molecule is COc1ccc(NC(=O)[C@@H]2[C@@H](c3cccc(C)c3)N2C(=O)OC(C)(C)C)cc1. The van der Waals surface area contributed by atoms with Gasteiger partial charge in [0, 0.05) is 5.69 Å². The topological polar surface area (TPSA) is 67.6 Å². The summed E-state index contributed by atoms with van der Waals surface area (Å²) in [7, 11) is 1.59. The predicted octanol–water partition coefficient (Wildman–Crippen LogP) is 4.30. The molecule has 3 rings (SSSR count). The zero-order valence-corrected chi connectivity index (χ0v) is 16.9. The highest BCUT2D eigenvalue weighted by molar-refractivity contribution is 6.00. The van der Waals surface area contributed by atoms with E-state index in [4.69, 9.17) is 9.47 Å². The summed E-state index contributed by atoms with van der Waals surface area (Å²) in [5, 5.41) is 2.87. The van der Waals surface area contributed by atoms with Crippen LogP contribution < -0.4 is 10.1 Å². The van der Waals surface area contributed by atoms with Crippen molar-refractivity contribution < 1.29 is 19.1 Å². The van der Waals surface area contributed by atoms with Gasteiger partial charge in [0.15, 0.2) is 0 Å². The number of ether oxygens (including phenoxy) is 2. The molecule has 0 radical (unpaired) electrons. The van der Waals surface area contributed by atoms with Gasteiger partial charge in [0.25, 0.3) is 0 Å². The van der Waals surface area contributed by atoms with E-state index in [1.165, 1.54) is 4.90 Å². The van der Waals surface area contributed by atoms with Gasteiger partial charge in [0.1, 0.15) is 17.4 Å². The standard InChI is InChI=1S/C22H26N2O4/c1-14-7-6-8-15(13-14)18-19(24(18)21(26)28-22(2,3)4)20(25)23-16-9-11-17(27-5)12-10-16/h6-13,18-19H,1-5H3,(H,23,25)/t18-,19+,24?/m1/s1. The van der Waals surface area contributed by atoms with E-state index >= 15 is 0 Å². The van der Waals surface area contributed by atoms with Crippen LogP contribution in [-0.2, 0) is 9.53 Å². The number of hydrogen-bond acceptors (Lipinski definition) is 4. The molecule has 1 aliphatic heterocycles. The number of carbonyl (C=O) groups excluding carboxylic acids is 2. The lowest BCUT2D eigenvalue weighted by atomic mass is 10.1. The van der Waals surface area contributed by atoms with Crippen LogP contribution in [0.4, 0.5) is 10.5 Å². The maximum absolute atomic E-state index is 12.9. The number of methoxy groups -OCH3 is 1. The van der Waals surface area contributed by atoms with Crippen molar-refractivity contribution >= 4 is 17.7 Å². The van der Waals surface area contributed by atoms with Crippen molar-refractivity contribution in [2.45, 2.75) is 45.4 Å². The third-order valence-electron chi connectivity index (χ3n) is 4.42. The summed E-state index contributed by atoms with van der Waals surface area (Å²) in [6.45, 7) is 7.41. The summed E-state index contributed by atoms with van der Waals surface area (Å²) in [4.78, 5) is 27.0. The molecule has 6 heteroatoms. The van der Waals surface area contributed by atoms with Crippen molar-refractivity contribution in [3.8, 4) is 5.75 Å². The van der Waals surface area contributed by atoms with Crippen LogP contribution in [0.3, 0.4) is 0 Å². The molecular weight excluding hydrogens is 356 g/mol. The van der Waals surface area contributed by atoms with Gasteiger partial charge in [-0.25, -0.2) is 4.79 Å². The molecule has 0 unspecified atom stereocenters. The number of nitrogens with one attached hydrogen (secondary N) is 1. The summed E-state index contributed by atoms with van der Waals surface area (Å²) in [6.07, 6.45) is -0.492. The molecule has 148 valence electrons. The highest BCUT2D eigenvalue weighted by atomic mass is 16.6. The molecule has 2 aromatic rings. The third kappa shape index (κ3) is 4.44. The van der Waals surface area contributed by atoms with Crippen molar-refractivity contribution in [2.24, 2.45) is 0 Å². The second-order valence-electron chi connectivity index (χ2n) is 7.91. The van der Waals surface area contributed by atoms with Gasteiger partial charge in [-0.3, -0.25) is 9.69 Å². The van der Waals surface area contributed by atoms with Crippen LogP contribution in [0.15, 0.2) is 48.5 Å². The Hall–Kier alpha value is -3.02. The number of hydrogen-bond donors (Lipinski definition) is 1. The first-order chi connectivity index (χ1) is 13.2. The average molecular weight is 382 g/mol. The van der Waals surface area contributed by atoms with Crippen LogP contribution >= 0.6 is 0 Å².